The summed E-state index contributed by atoms with van der Waals surface area (Å²) in [6, 6.07) is 9.28. The molecule has 2 aliphatic rings. The van der Waals surface area contributed by atoms with Crippen LogP contribution in [-0.2, 0) is 0 Å². The monoisotopic (exact) mass is 445 g/mol. The van der Waals surface area contributed by atoms with Crippen LogP contribution in [0.4, 0.5) is 0 Å². The third kappa shape index (κ3) is 5.28. The Balaban J connectivity index is 0.00000192. The van der Waals surface area contributed by atoms with Crippen LogP contribution in [0.5, 0.6) is 0 Å². The molecule has 3 nitrogen and oxygen atoms in total. The average Bonchev–Trinajstić information content (AvgIpc) is 3.07. The predicted octanol–water partition coefficient (Wildman–Crippen LogP) is 3.92. The predicted molar refractivity (Wildman–Crippen MR) is 112 cm³/mol. The fourth-order valence-electron chi connectivity index (χ4n) is 3.18. The van der Waals surface area contributed by atoms with Gasteiger partial charge in [0.15, 0.2) is 5.96 Å². The van der Waals surface area contributed by atoms with Crippen molar-refractivity contribution in [2.75, 3.05) is 18.8 Å². The van der Waals surface area contributed by atoms with Crippen LogP contribution in [0.3, 0.4) is 0 Å². The maximum atomic E-state index is 4.80. The third-order valence-corrected chi connectivity index (χ3v) is 5.90. The van der Waals surface area contributed by atoms with Gasteiger partial charge in [-0.1, -0.05) is 24.3 Å². The number of halogens is 1. The molecule has 1 aliphatic heterocycles. The first-order valence-corrected chi connectivity index (χ1v) is 9.54. The van der Waals surface area contributed by atoms with Gasteiger partial charge in [-0.3, -0.25) is 4.99 Å². The minimum absolute atomic E-state index is 0. The number of benzene rings is 1. The van der Waals surface area contributed by atoms with Gasteiger partial charge in [0.1, 0.15) is 0 Å². The van der Waals surface area contributed by atoms with Gasteiger partial charge in [-0.25, -0.2) is 0 Å². The van der Waals surface area contributed by atoms with Crippen molar-refractivity contribution in [2.24, 2.45) is 4.99 Å². The molecule has 1 aromatic rings. The van der Waals surface area contributed by atoms with Crippen LogP contribution in [0, 0.1) is 6.92 Å². The van der Waals surface area contributed by atoms with Crippen LogP contribution < -0.4 is 10.6 Å². The average molecular weight is 445 g/mol. The van der Waals surface area contributed by atoms with E-state index < -0.39 is 0 Å². The van der Waals surface area contributed by atoms with E-state index in [2.05, 4.69) is 60.5 Å². The minimum atomic E-state index is 0. The Morgan fingerprint density at radius 3 is 2.87 bits per heavy atom. The number of hydrogen-bond donors (Lipinski definition) is 2. The topological polar surface area (TPSA) is 36.4 Å². The Bertz CT molecular complexity index is 529. The van der Waals surface area contributed by atoms with Crippen molar-refractivity contribution in [3.05, 3.63) is 35.4 Å². The molecule has 3 unspecified atom stereocenters. The summed E-state index contributed by atoms with van der Waals surface area (Å²) in [5, 5.41) is 7.74. The Kier molecular flexibility index (Phi) is 7.53. The van der Waals surface area contributed by atoms with Gasteiger partial charge < -0.3 is 10.6 Å². The number of guanidine groups is 1. The number of rotatable bonds is 5. The second-order valence-electron chi connectivity index (χ2n) is 6.30. The zero-order chi connectivity index (χ0) is 15.4. The van der Waals surface area contributed by atoms with Gasteiger partial charge in [-0.15, -0.1) is 24.0 Å². The lowest BCUT2D eigenvalue weighted by Gasteiger charge is -2.13. The van der Waals surface area contributed by atoms with E-state index >= 15 is 0 Å². The van der Waals surface area contributed by atoms with Gasteiger partial charge in [-0.05, 0) is 50.0 Å². The van der Waals surface area contributed by atoms with Gasteiger partial charge >= 0.3 is 0 Å². The number of aryl methyl sites for hydroxylation is 1. The first-order valence-electron chi connectivity index (χ1n) is 8.50. The molecule has 3 atom stereocenters. The Morgan fingerprint density at radius 2 is 2.17 bits per heavy atom. The van der Waals surface area contributed by atoms with Crippen molar-refractivity contribution in [3.63, 3.8) is 0 Å². The fourth-order valence-corrected chi connectivity index (χ4v) is 4.36. The first kappa shape index (κ1) is 18.9. The highest BCUT2D eigenvalue weighted by Crippen LogP contribution is 2.42. The lowest BCUT2D eigenvalue weighted by atomic mass is 10.0. The Hall–Kier alpha value is -0.430. The molecule has 1 saturated carbocycles. The maximum absolute atomic E-state index is 4.80. The third-order valence-electron chi connectivity index (χ3n) is 4.52. The molecule has 1 aliphatic carbocycles. The zero-order valence-corrected chi connectivity index (χ0v) is 17.2. The summed E-state index contributed by atoms with van der Waals surface area (Å²) in [5.74, 6) is 2.95. The van der Waals surface area contributed by atoms with Crippen LogP contribution in [0.15, 0.2) is 29.3 Å². The molecule has 0 aromatic heterocycles. The number of aliphatic imine (C=N–C) groups is 1. The molecule has 2 N–H and O–H groups in total. The number of thioether (sulfide) groups is 1. The summed E-state index contributed by atoms with van der Waals surface area (Å²) in [6.07, 6.45) is 3.89. The fraction of sp³-hybridized carbons (Fsp3) is 0.611. The molecule has 2 fully saturated rings. The standard InChI is InChI=1S/C18H27N3S.HI/c1-3-19-18(20-12-14-8-6-10-22-14)21-17-11-16(17)15-9-5-4-7-13(15)2;/h4-5,7,9,14,16-17H,3,6,8,10-12H2,1-2H3,(H2,19,20,21);1H. The molecular formula is C18H28IN3S. The van der Waals surface area contributed by atoms with E-state index in [1.165, 1.54) is 36.1 Å². The largest absolute Gasteiger partial charge is 0.357 e. The van der Waals surface area contributed by atoms with Crippen LogP contribution >= 0.6 is 35.7 Å². The van der Waals surface area contributed by atoms with E-state index in [0.717, 1.165) is 24.3 Å². The summed E-state index contributed by atoms with van der Waals surface area (Å²) in [5.41, 5.74) is 2.89. The normalized spacial score (nSPS) is 26.5. The van der Waals surface area contributed by atoms with Crippen LogP contribution in [-0.4, -0.2) is 36.1 Å². The highest BCUT2D eigenvalue weighted by atomic mass is 127. The summed E-state index contributed by atoms with van der Waals surface area (Å²) in [4.78, 5) is 4.80. The van der Waals surface area contributed by atoms with Crippen molar-refractivity contribution in [3.8, 4) is 0 Å². The van der Waals surface area contributed by atoms with Crippen molar-refractivity contribution >= 4 is 41.7 Å². The quantitative estimate of drug-likeness (QED) is 0.410. The molecular weight excluding hydrogens is 417 g/mol. The zero-order valence-electron chi connectivity index (χ0n) is 14.0. The van der Waals surface area contributed by atoms with E-state index in [-0.39, 0.29) is 24.0 Å². The maximum Gasteiger partial charge on any atom is 0.191 e. The van der Waals surface area contributed by atoms with Crippen molar-refractivity contribution in [1.82, 2.24) is 10.6 Å². The van der Waals surface area contributed by atoms with Gasteiger partial charge in [0, 0.05) is 23.8 Å². The molecule has 1 aromatic carbocycles. The molecule has 1 saturated heterocycles. The molecule has 0 spiro atoms. The molecule has 0 bridgehead atoms. The second-order valence-corrected chi connectivity index (χ2v) is 7.71. The Labute approximate surface area is 161 Å². The molecule has 1 heterocycles. The van der Waals surface area contributed by atoms with Crippen LogP contribution in [0.25, 0.3) is 0 Å². The summed E-state index contributed by atoms with van der Waals surface area (Å²) >= 11 is 2.07. The lowest BCUT2D eigenvalue weighted by Crippen LogP contribution is -2.39. The van der Waals surface area contributed by atoms with Crippen LogP contribution in [0.1, 0.15) is 43.2 Å². The molecule has 3 rings (SSSR count). The first-order chi connectivity index (χ1) is 10.8. The van der Waals surface area contributed by atoms with E-state index in [9.17, 15) is 0 Å². The van der Waals surface area contributed by atoms with E-state index in [4.69, 9.17) is 4.99 Å². The highest BCUT2D eigenvalue weighted by molar-refractivity contribution is 14.0. The summed E-state index contributed by atoms with van der Waals surface area (Å²) < 4.78 is 0. The Morgan fingerprint density at radius 1 is 1.35 bits per heavy atom. The van der Waals surface area contributed by atoms with E-state index in [1.54, 1.807) is 0 Å². The van der Waals surface area contributed by atoms with Gasteiger partial charge in [0.05, 0.1) is 6.54 Å². The molecule has 23 heavy (non-hydrogen) atoms. The molecule has 0 radical (unpaired) electrons. The van der Waals surface area contributed by atoms with E-state index in [1.807, 2.05) is 0 Å². The molecule has 0 amide bonds. The molecule has 5 heteroatoms. The summed E-state index contributed by atoms with van der Waals surface area (Å²) in [6.45, 7) is 6.21. The minimum Gasteiger partial charge on any atom is -0.357 e. The van der Waals surface area contributed by atoms with Gasteiger partial charge in [0.2, 0.25) is 0 Å². The number of nitrogens with one attached hydrogen (secondary N) is 2. The molecule has 128 valence electrons. The van der Waals surface area contributed by atoms with Crippen molar-refractivity contribution in [2.45, 2.75) is 50.3 Å². The van der Waals surface area contributed by atoms with Crippen molar-refractivity contribution in [1.29, 1.82) is 0 Å². The summed E-state index contributed by atoms with van der Waals surface area (Å²) in [7, 11) is 0. The van der Waals surface area contributed by atoms with Crippen molar-refractivity contribution < 1.29 is 0 Å². The second kappa shape index (κ2) is 9.16. The van der Waals surface area contributed by atoms with E-state index in [0.29, 0.717) is 12.0 Å². The lowest BCUT2D eigenvalue weighted by molar-refractivity contribution is 0.758. The highest BCUT2D eigenvalue weighted by Gasteiger charge is 2.39. The smallest absolute Gasteiger partial charge is 0.191 e. The van der Waals surface area contributed by atoms with Gasteiger partial charge in [0.25, 0.3) is 0 Å². The number of hydrogen-bond acceptors (Lipinski definition) is 2. The van der Waals surface area contributed by atoms with Gasteiger partial charge in [-0.2, -0.15) is 11.8 Å². The van der Waals surface area contributed by atoms with Crippen LogP contribution in [0.2, 0.25) is 0 Å². The number of nitrogens with zero attached hydrogens (tertiary/aromatic N) is 1. The SMILES string of the molecule is CCNC(=NCC1CCCS1)NC1CC1c1ccccc1C.I.